The minimum atomic E-state index is -0.00158. The summed E-state index contributed by atoms with van der Waals surface area (Å²) in [6.07, 6.45) is 5.16. The van der Waals surface area contributed by atoms with Gasteiger partial charge in [0.2, 0.25) is 0 Å². The van der Waals surface area contributed by atoms with Crippen LogP contribution in [0.3, 0.4) is 0 Å². The van der Waals surface area contributed by atoms with Crippen molar-refractivity contribution in [2.75, 3.05) is 33.0 Å². The standard InChI is InChI=1S/C16H31NO2/c1-8-9-18-12-16(6,7)13-19-11-15(4,5)10-17-14(2)3/h1,14,17H,9-13H2,2-7H3. The van der Waals surface area contributed by atoms with Gasteiger partial charge in [-0.2, -0.15) is 0 Å². The Morgan fingerprint density at radius 2 is 1.53 bits per heavy atom. The first-order chi connectivity index (χ1) is 8.68. The van der Waals surface area contributed by atoms with Crippen molar-refractivity contribution in [3.05, 3.63) is 0 Å². The van der Waals surface area contributed by atoms with Gasteiger partial charge in [-0.05, 0) is 0 Å². The monoisotopic (exact) mass is 269 g/mol. The molecule has 0 saturated carbocycles. The summed E-state index contributed by atoms with van der Waals surface area (Å²) in [6, 6.07) is 0.507. The SMILES string of the molecule is C#CCOCC(C)(C)COCC(C)(C)CNC(C)C. The highest BCUT2D eigenvalue weighted by Crippen LogP contribution is 2.19. The maximum Gasteiger partial charge on any atom is 0.107 e. The average molecular weight is 269 g/mol. The van der Waals surface area contributed by atoms with Crippen LogP contribution in [0.5, 0.6) is 0 Å². The van der Waals surface area contributed by atoms with E-state index in [0.717, 1.165) is 13.2 Å². The highest BCUT2D eigenvalue weighted by molar-refractivity contribution is 4.83. The summed E-state index contributed by atoms with van der Waals surface area (Å²) in [5.41, 5.74) is 0.137. The van der Waals surface area contributed by atoms with Crippen LogP contribution in [0.1, 0.15) is 41.5 Å². The lowest BCUT2D eigenvalue weighted by Gasteiger charge is -2.29. The summed E-state index contributed by atoms with van der Waals surface area (Å²) >= 11 is 0. The lowest BCUT2D eigenvalue weighted by atomic mass is 9.93. The molecule has 0 aromatic heterocycles. The molecular weight excluding hydrogens is 238 g/mol. The molecule has 0 aliphatic carbocycles. The van der Waals surface area contributed by atoms with Gasteiger partial charge in [-0.3, -0.25) is 0 Å². The van der Waals surface area contributed by atoms with E-state index in [9.17, 15) is 0 Å². The van der Waals surface area contributed by atoms with Gasteiger partial charge in [0.05, 0.1) is 19.8 Å². The predicted octanol–water partition coefficient (Wildman–Crippen LogP) is 2.70. The zero-order chi connectivity index (χ0) is 14.9. The third kappa shape index (κ3) is 11.0. The van der Waals surface area contributed by atoms with Crippen LogP contribution in [0.25, 0.3) is 0 Å². The molecule has 0 amide bonds. The van der Waals surface area contributed by atoms with Gasteiger partial charge in [-0.15, -0.1) is 6.42 Å². The number of hydrogen-bond acceptors (Lipinski definition) is 3. The summed E-state index contributed by atoms with van der Waals surface area (Å²) in [6.45, 7) is 16.4. The topological polar surface area (TPSA) is 30.5 Å². The van der Waals surface area contributed by atoms with E-state index in [-0.39, 0.29) is 10.8 Å². The first-order valence-electron chi connectivity index (χ1n) is 7.01. The van der Waals surface area contributed by atoms with Crippen LogP contribution in [-0.4, -0.2) is 39.0 Å². The Bertz CT molecular complexity index is 277. The van der Waals surface area contributed by atoms with E-state index in [1.807, 2.05) is 0 Å². The van der Waals surface area contributed by atoms with Crippen molar-refractivity contribution in [1.29, 1.82) is 0 Å². The van der Waals surface area contributed by atoms with Crippen molar-refractivity contribution >= 4 is 0 Å². The molecule has 0 heterocycles. The normalized spacial score (nSPS) is 12.7. The fourth-order valence-electron chi connectivity index (χ4n) is 1.56. The Hall–Kier alpha value is -0.560. The molecule has 19 heavy (non-hydrogen) atoms. The van der Waals surface area contributed by atoms with Gasteiger partial charge in [-0.25, -0.2) is 0 Å². The highest BCUT2D eigenvalue weighted by Gasteiger charge is 2.22. The minimum Gasteiger partial charge on any atom is -0.380 e. The van der Waals surface area contributed by atoms with Gasteiger partial charge < -0.3 is 14.8 Å². The minimum absolute atomic E-state index is 0.00158. The second-order valence-corrected chi connectivity index (χ2v) is 7.05. The van der Waals surface area contributed by atoms with Crippen molar-refractivity contribution in [1.82, 2.24) is 5.32 Å². The van der Waals surface area contributed by atoms with E-state index in [0.29, 0.717) is 25.9 Å². The fourth-order valence-corrected chi connectivity index (χ4v) is 1.56. The molecule has 3 heteroatoms. The third-order valence-corrected chi connectivity index (χ3v) is 2.65. The third-order valence-electron chi connectivity index (χ3n) is 2.65. The number of rotatable bonds is 10. The molecule has 0 aliphatic heterocycles. The van der Waals surface area contributed by atoms with Crippen molar-refractivity contribution in [3.63, 3.8) is 0 Å². The van der Waals surface area contributed by atoms with Crippen LogP contribution in [0.2, 0.25) is 0 Å². The summed E-state index contributed by atoms with van der Waals surface area (Å²) in [5, 5.41) is 3.45. The van der Waals surface area contributed by atoms with Gasteiger partial charge >= 0.3 is 0 Å². The number of nitrogens with one attached hydrogen (secondary N) is 1. The highest BCUT2D eigenvalue weighted by atomic mass is 16.5. The van der Waals surface area contributed by atoms with Crippen LogP contribution >= 0.6 is 0 Å². The second kappa shape index (κ2) is 8.58. The molecule has 0 atom stereocenters. The molecule has 0 aromatic rings. The Kier molecular flexibility index (Phi) is 8.33. The number of terminal acetylenes is 1. The maximum absolute atomic E-state index is 5.85. The lowest BCUT2D eigenvalue weighted by molar-refractivity contribution is -0.0196. The van der Waals surface area contributed by atoms with Gasteiger partial charge in [0.15, 0.2) is 0 Å². The van der Waals surface area contributed by atoms with Crippen molar-refractivity contribution in [2.24, 2.45) is 10.8 Å². The van der Waals surface area contributed by atoms with Crippen LogP contribution in [0, 0.1) is 23.2 Å². The quantitative estimate of drug-likeness (QED) is 0.488. The predicted molar refractivity (Wildman–Crippen MR) is 81.2 cm³/mol. The Morgan fingerprint density at radius 3 is 2.05 bits per heavy atom. The summed E-state index contributed by atoms with van der Waals surface area (Å²) < 4.78 is 11.2. The van der Waals surface area contributed by atoms with Crippen molar-refractivity contribution < 1.29 is 9.47 Å². The maximum atomic E-state index is 5.85. The van der Waals surface area contributed by atoms with Gasteiger partial charge in [0, 0.05) is 23.4 Å². The van der Waals surface area contributed by atoms with Gasteiger partial charge in [0.1, 0.15) is 6.61 Å². The van der Waals surface area contributed by atoms with Gasteiger partial charge in [-0.1, -0.05) is 47.5 Å². The molecule has 0 fully saturated rings. The first kappa shape index (κ1) is 18.4. The molecule has 1 N–H and O–H groups in total. The molecule has 0 radical (unpaired) electrons. The zero-order valence-electron chi connectivity index (χ0n) is 13.5. The molecule has 112 valence electrons. The number of ether oxygens (including phenoxy) is 2. The molecule has 0 saturated heterocycles. The van der Waals surface area contributed by atoms with Crippen molar-refractivity contribution in [2.45, 2.75) is 47.6 Å². The van der Waals surface area contributed by atoms with E-state index in [4.69, 9.17) is 15.9 Å². The summed E-state index contributed by atoms with van der Waals surface area (Å²) in [7, 11) is 0. The Balaban J connectivity index is 3.89. The van der Waals surface area contributed by atoms with Crippen LogP contribution in [-0.2, 0) is 9.47 Å². The second-order valence-electron chi connectivity index (χ2n) is 7.05. The van der Waals surface area contributed by atoms with E-state index in [1.165, 1.54) is 0 Å². The average Bonchev–Trinajstić information content (AvgIpc) is 2.26. The molecule has 0 aliphatic rings. The van der Waals surface area contributed by atoms with Crippen molar-refractivity contribution in [3.8, 4) is 12.3 Å². The Morgan fingerprint density at radius 1 is 1.00 bits per heavy atom. The summed E-state index contributed by atoms with van der Waals surface area (Å²) in [5.74, 6) is 2.48. The smallest absolute Gasteiger partial charge is 0.107 e. The fraction of sp³-hybridized carbons (Fsp3) is 0.875. The van der Waals surface area contributed by atoms with Crippen LogP contribution in [0.4, 0.5) is 0 Å². The van der Waals surface area contributed by atoms with E-state index < -0.39 is 0 Å². The van der Waals surface area contributed by atoms with Crippen LogP contribution < -0.4 is 5.32 Å². The number of hydrogen-bond donors (Lipinski definition) is 1. The summed E-state index contributed by atoms with van der Waals surface area (Å²) in [4.78, 5) is 0. The largest absolute Gasteiger partial charge is 0.380 e. The van der Waals surface area contributed by atoms with E-state index in [1.54, 1.807) is 0 Å². The molecule has 0 aromatic carbocycles. The first-order valence-corrected chi connectivity index (χ1v) is 7.01. The molecule has 0 rings (SSSR count). The molecular formula is C16H31NO2. The van der Waals surface area contributed by atoms with E-state index >= 15 is 0 Å². The Labute approximate surface area is 119 Å². The zero-order valence-corrected chi connectivity index (χ0v) is 13.5. The molecule has 0 spiro atoms. The molecule has 3 nitrogen and oxygen atoms in total. The van der Waals surface area contributed by atoms with Gasteiger partial charge in [0.25, 0.3) is 0 Å². The molecule has 0 unspecified atom stereocenters. The lowest BCUT2D eigenvalue weighted by Crippen LogP contribution is -2.37. The van der Waals surface area contributed by atoms with Crippen LogP contribution in [0.15, 0.2) is 0 Å². The molecule has 0 bridgehead atoms. The van der Waals surface area contributed by atoms with E-state index in [2.05, 4.69) is 52.8 Å².